The Balaban J connectivity index is 2.32. The van der Waals surface area contributed by atoms with Crippen molar-refractivity contribution in [2.24, 2.45) is 0 Å². The van der Waals surface area contributed by atoms with Gasteiger partial charge < -0.3 is 9.84 Å². The van der Waals surface area contributed by atoms with E-state index < -0.39 is 11.6 Å². The van der Waals surface area contributed by atoms with E-state index >= 15 is 0 Å². The molecule has 1 atom stereocenters. The highest BCUT2D eigenvalue weighted by molar-refractivity contribution is 5.38. The van der Waals surface area contributed by atoms with Crippen LogP contribution in [0.1, 0.15) is 37.7 Å². The average Bonchev–Trinajstić information content (AvgIpc) is 2.54. The van der Waals surface area contributed by atoms with Crippen molar-refractivity contribution in [2.45, 2.75) is 32.1 Å². The molecule has 0 amide bonds. The van der Waals surface area contributed by atoms with Gasteiger partial charge in [-0.3, -0.25) is 0 Å². The number of aliphatic hydroxyl groups excluding tert-OH is 1. The Hall–Kier alpha value is -1.94. The molecule has 0 bridgehead atoms. The fraction of sp³-hybridized carbons (Fsp3) is 0.333. The Bertz CT molecular complexity index is 600. The quantitative estimate of drug-likeness (QED) is 0.778. The maximum Gasteiger partial charge on any atom is 0.198 e. The van der Waals surface area contributed by atoms with Crippen molar-refractivity contribution in [3.8, 4) is 11.5 Å². The van der Waals surface area contributed by atoms with Crippen molar-refractivity contribution in [1.29, 1.82) is 0 Å². The van der Waals surface area contributed by atoms with Gasteiger partial charge in [-0.2, -0.15) is 0 Å². The van der Waals surface area contributed by atoms with Crippen molar-refractivity contribution in [3.05, 3.63) is 59.7 Å². The summed E-state index contributed by atoms with van der Waals surface area (Å²) in [7, 11) is 0. The standard InChI is InChI=1S/C18H20F2O2/c1-2-13(7-6-12-21)15-10-11-16(19)18(17(15)20)22-14-8-4-3-5-9-14/h3-5,8-11,13,21H,2,6-7,12H2,1H3/t13-/m1/s1. The number of para-hydroxylation sites is 1. The third-order valence-electron chi connectivity index (χ3n) is 3.69. The first-order valence-electron chi connectivity index (χ1n) is 7.49. The Labute approximate surface area is 129 Å². The van der Waals surface area contributed by atoms with Gasteiger partial charge in [0.1, 0.15) is 5.75 Å². The van der Waals surface area contributed by atoms with Crippen molar-refractivity contribution < 1.29 is 18.6 Å². The lowest BCUT2D eigenvalue weighted by Crippen LogP contribution is -2.05. The molecule has 2 aromatic rings. The molecule has 0 saturated heterocycles. The van der Waals surface area contributed by atoms with E-state index in [9.17, 15) is 8.78 Å². The number of aliphatic hydroxyl groups is 1. The van der Waals surface area contributed by atoms with Crippen LogP contribution in [0.2, 0.25) is 0 Å². The summed E-state index contributed by atoms with van der Waals surface area (Å²) in [6.07, 6.45) is 1.96. The summed E-state index contributed by atoms with van der Waals surface area (Å²) in [5, 5.41) is 8.94. The minimum atomic E-state index is -0.720. The molecule has 22 heavy (non-hydrogen) atoms. The molecule has 118 valence electrons. The highest BCUT2D eigenvalue weighted by atomic mass is 19.1. The molecular weight excluding hydrogens is 286 g/mol. The molecule has 0 aliphatic carbocycles. The number of ether oxygens (including phenoxy) is 1. The van der Waals surface area contributed by atoms with E-state index in [1.54, 1.807) is 30.3 Å². The highest BCUT2D eigenvalue weighted by Gasteiger charge is 2.21. The van der Waals surface area contributed by atoms with Gasteiger partial charge in [-0.1, -0.05) is 31.2 Å². The topological polar surface area (TPSA) is 29.5 Å². The SMILES string of the molecule is CC[C@H](CCCO)c1ccc(F)c(Oc2ccccc2)c1F. The van der Waals surface area contributed by atoms with Crippen molar-refractivity contribution >= 4 is 0 Å². The molecule has 0 saturated carbocycles. The molecule has 2 aromatic carbocycles. The summed E-state index contributed by atoms with van der Waals surface area (Å²) in [6.45, 7) is 2.01. The smallest absolute Gasteiger partial charge is 0.198 e. The minimum absolute atomic E-state index is 0.0622. The third kappa shape index (κ3) is 3.83. The molecule has 0 aliphatic rings. The molecule has 0 heterocycles. The molecule has 4 heteroatoms. The first-order chi connectivity index (χ1) is 10.7. The van der Waals surface area contributed by atoms with Gasteiger partial charge in [0, 0.05) is 6.61 Å². The van der Waals surface area contributed by atoms with E-state index in [-0.39, 0.29) is 18.3 Å². The first kappa shape index (κ1) is 16.4. The summed E-state index contributed by atoms with van der Waals surface area (Å²) in [6, 6.07) is 11.3. The molecule has 0 aliphatic heterocycles. The predicted molar refractivity (Wildman–Crippen MR) is 82.2 cm³/mol. The van der Waals surface area contributed by atoms with Crippen LogP contribution >= 0.6 is 0 Å². The lowest BCUT2D eigenvalue weighted by Gasteiger charge is -2.18. The minimum Gasteiger partial charge on any atom is -0.451 e. The van der Waals surface area contributed by atoms with Crippen molar-refractivity contribution in [3.63, 3.8) is 0 Å². The molecular formula is C18H20F2O2. The zero-order valence-electron chi connectivity index (χ0n) is 12.6. The predicted octanol–water partition coefficient (Wildman–Crippen LogP) is 5.02. The molecule has 2 nitrogen and oxygen atoms in total. The van der Waals surface area contributed by atoms with Gasteiger partial charge in [-0.25, -0.2) is 8.78 Å². The van der Waals surface area contributed by atoms with Crippen LogP contribution in [-0.4, -0.2) is 11.7 Å². The number of halogens is 2. The summed E-state index contributed by atoms with van der Waals surface area (Å²) in [5.41, 5.74) is 0.434. The molecule has 0 radical (unpaired) electrons. The number of benzene rings is 2. The van der Waals surface area contributed by atoms with Crippen LogP contribution in [-0.2, 0) is 0 Å². The largest absolute Gasteiger partial charge is 0.451 e. The van der Waals surface area contributed by atoms with E-state index in [4.69, 9.17) is 9.84 Å². The molecule has 1 N–H and O–H groups in total. The summed E-state index contributed by atoms with van der Waals surface area (Å²) < 4.78 is 34.0. The molecule has 2 rings (SSSR count). The second kappa shape index (κ2) is 7.90. The molecule has 0 spiro atoms. The maximum atomic E-state index is 14.7. The molecule has 0 fully saturated rings. The zero-order chi connectivity index (χ0) is 15.9. The highest BCUT2D eigenvalue weighted by Crippen LogP contribution is 2.35. The van der Waals surface area contributed by atoms with E-state index in [2.05, 4.69) is 0 Å². The molecule has 0 aromatic heterocycles. The van der Waals surface area contributed by atoms with Crippen molar-refractivity contribution in [1.82, 2.24) is 0 Å². The van der Waals surface area contributed by atoms with Crippen molar-refractivity contribution in [2.75, 3.05) is 6.61 Å². The van der Waals surface area contributed by atoms with E-state index in [1.165, 1.54) is 12.1 Å². The lowest BCUT2D eigenvalue weighted by molar-refractivity contribution is 0.278. The summed E-state index contributed by atoms with van der Waals surface area (Å²) in [4.78, 5) is 0. The fourth-order valence-electron chi connectivity index (χ4n) is 2.48. The monoisotopic (exact) mass is 306 g/mol. The van der Waals surface area contributed by atoms with Crippen LogP contribution in [0.15, 0.2) is 42.5 Å². The third-order valence-corrected chi connectivity index (χ3v) is 3.69. The number of hydrogen-bond acceptors (Lipinski definition) is 2. The van der Waals surface area contributed by atoms with Crippen LogP contribution in [0.5, 0.6) is 11.5 Å². The van der Waals surface area contributed by atoms with Crippen LogP contribution in [0.3, 0.4) is 0 Å². The van der Waals surface area contributed by atoms with Gasteiger partial charge in [0.2, 0.25) is 0 Å². The number of hydrogen-bond donors (Lipinski definition) is 1. The molecule has 0 unspecified atom stereocenters. The first-order valence-corrected chi connectivity index (χ1v) is 7.49. The Morgan fingerprint density at radius 1 is 1.09 bits per heavy atom. The van der Waals surface area contributed by atoms with Gasteiger partial charge in [-0.15, -0.1) is 0 Å². The second-order valence-electron chi connectivity index (χ2n) is 5.17. The van der Waals surface area contributed by atoms with Gasteiger partial charge in [-0.05, 0) is 48.9 Å². The number of rotatable bonds is 7. The maximum absolute atomic E-state index is 14.7. The van der Waals surface area contributed by atoms with Crippen LogP contribution in [0, 0.1) is 11.6 Å². The Kier molecular flexibility index (Phi) is 5.90. The Morgan fingerprint density at radius 2 is 1.82 bits per heavy atom. The summed E-state index contributed by atoms with van der Waals surface area (Å²) >= 11 is 0. The van der Waals surface area contributed by atoms with Crippen LogP contribution in [0.25, 0.3) is 0 Å². The van der Waals surface area contributed by atoms with E-state index in [1.807, 2.05) is 6.92 Å². The lowest BCUT2D eigenvalue weighted by atomic mass is 9.91. The van der Waals surface area contributed by atoms with Gasteiger partial charge in [0.25, 0.3) is 0 Å². The second-order valence-corrected chi connectivity index (χ2v) is 5.17. The fourth-order valence-corrected chi connectivity index (χ4v) is 2.48. The van der Waals surface area contributed by atoms with Crippen LogP contribution < -0.4 is 4.74 Å². The van der Waals surface area contributed by atoms with Gasteiger partial charge >= 0.3 is 0 Å². The normalized spacial score (nSPS) is 12.2. The van der Waals surface area contributed by atoms with Gasteiger partial charge in [0.05, 0.1) is 0 Å². The van der Waals surface area contributed by atoms with Crippen LogP contribution in [0.4, 0.5) is 8.78 Å². The average molecular weight is 306 g/mol. The van der Waals surface area contributed by atoms with E-state index in [0.29, 0.717) is 30.6 Å². The Morgan fingerprint density at radius 3 is 2.45 bits per heavy atom. The van der Waals surface area contributed by atoms with E-state index in [0.717, 1.165) is 0 Å². The summed E-state index contributed by atoms with van der Waals surface area (Å²) in [5.74, 6) is -1.42. The van der Waals surface area contributed by atoms with Gasteiger partial charge in [0.15, 0.2) is 17.4 Å². The zero-order valence-corrected chi connectivity index (χ0v) is 12.6.